The Morgan fingerprint density at radius 3 is 2.43 bits per heavy atom. The molecule has 3 heterocycles. The third-order valence-electron chi connectivity index (χ3n) is 6.96. The van der Waals surface area contributed by atoms with E-state index >= 15 is 0 Å². The first kappa shape index (κ1) is 24.4. The van der Waals surface area contributed by atoms with Gasteiger partial charge in [0.05, 0.1) is 0 Å². The van der Waals surface area contributed by atoms with Crippen LogP contribution in [0.15, 0.2) is 92.4 Å². The lowest BCUT2D eigenvalue weighted by Crippen LogP contribution is -2.27. The maximum absolute atomic E-state index is 4.81. The van der Waals surface area contributed by atoms with Crippen molar-refractivity contribution < 1.29 is 0 Å². The van der Waals surface area contributed by atoms with Gasteiger partial charge in [-0.2, -0.15) is 4.98 Å². The van der Waals surface area contributed by atoms with Crippen LogP contribution in [-0.2, 0) is 6.42 Å². The van der Waals surface area contributed by atoms with E-state index in [1.54, 1.807) is 0 Å². The molecule has 0 spiro atoms. The highest BCUT2D eigenvalue weighted by Gasteiger charge is 2.19. The van der Waals surface area contributed by atoms with Gasteiger partial charge in [0.15, 0.2) is 0 Å². The Balaban J connectivity index is 1.39. The lowest BCUT2D eigenvalue weighted by molar-refractivity contribution is 0.752. The summed E-state index contributed by atoms with van der Waals surface area (Å²) in [6.45, 7) is 20.3. The minimum absolute atomic E-state index is 0.519. The number of benzene rings is 2. The highest BCUT2D eigenvalue weighted by atomic mass is 15.2. The van der Waals surface area contributed by atoms with Crippen molar-refractivity contribution in [2.75, 3.05) is 33.5 Å². The van der Waals surface area contributed by atoms with E-state index in [1.165, 1.54) is 11.3 Å². The molecule has 6 nitrogen and oxygen atoms in total. The maximum atomic E-state index is 4.81. The van der Waals surface area contributed by atoms with E-state index in [4.69, 9.17) is 4.98 Å². The molecule has 0 unspecified atom stereocenters. The van der Waals surface area contributed by atoms with Crippen molar-refractivity contribution in [1.29, 1.82) is 0 Å². The van der Waals surface area contributed by atoms with Crippen molar-refractivity contribution in [1.82, 2.24) is 9.97 Å². The number of rotatable bonds is 8. The van der Waals surface area contributed by atoms with Crippen LogP contribution in [0.2, 0.25) is 0 Å². The number of anilines is 6. The van der Waals surface area contributed by atoms with Gasteiger partial charge in [-0.3, -0.25) is 0 Å². The minimum atomic E-state index is 0.519. The lowest BCUT2D eigenvalue weighted by Gasteiger charge is -2.32. The van der Waals surface area contributed by atoms with Crippen LogP contribution in [0.4, 0.5) is 34.5 Å². The molecule has 2 aromatic carbocycles. The highest BCUT2D eigenvalue weighted by molar-refractivity contribution is 5.77. The summed E-state index contributed by atoms with van der Waals surface area (Å²) in [5.41, 5.74) is 9.36. The van der Waals surface area contributed by atoms with E-state index in [2.05, 4.69) is 94.2 Å². The molecule has 3 aromatic rings. The third-order valence-corrected chi connectivity index (χ3v) is 6.96. The molecule has 0 amide bonds. The molecule has 1 aromatic heterocycles. The third kappa shape index (κ3) is 5.14. The first-order chi connectivity index (χ1) is 17.9. The smallest absolute Gasteiger partial charge is 0.229 e. The maximum Gasteiger partial charge on any atom is 0.229 e. The molecule has 37 heavy (non-hydrogen) atoms. The Morgan fingerprint density at radius 2 is 1.73 bits per heavy atom. The van der Waals surface area contributed by atoms with Gasteiger partial charge in [0, 0.05) is 59.0 Å². The number of nitrogens with one attached hydrogen (secondary N) is 2. The predicted molar refractivity (Wildman–Crippen MR) is 157 cm³/mol. The summed E-state index contributed by atoms with van der Waals surface area (Å²) in [4.78, 5) is 13.9. The summed E-state index contributed by atoms with van der Waals surface area (Å²) in [6, 6.07) is 14.8. The van der Waals surface area contributed by atoms with Gasteiger partial charge in [0.1, 0.15) is 5.82 Å². The summed E-state index contributed by atoms with van der Waals surface area (Å²) in [5.74, 6) is 1.23. The molecule has 2 N–H and O–H groups in total. The quantitative estimate of drug-likeness (QED) is 0.318. The second-order valence-corrected chi connectivity index (χ2v) is 9.65. The summed E-state index contributed by atoms with van der Waals surface area (Å²) < 4.78 is 0. The molecule has 6 heteroatoms. The van der Waals surface area contributed by atoms with Gasteiger partial charge in [-0.1, -0.05) is 32.4 Å². The zero-order chi connectivity index (χ0) is 25.9. The second kappa shape index (κ2) is 10.3. The van der Waals surface area contributed by atoms with Gasteiger partial charge < -0.3 is 20.4 Å². The Kier molecular flexibility index (Phi) is 6.82. The Morgan fingerprint density at radius 1 is 0.973 bits per heavy atom. The molecule has 0 bridgehead atoms. The van der Waals surface area contributed by atoms with Crippen molar-refractivity contribution in [3.8, 4) is 0 Å². The standard InChI is InChI=1S/C31H34N6/c1-6-22(4)37-18-8-10-24-11-12-26(19-29(24)37)33-30-28(21(2)3)20-32-31(35-30)34-25-13-15-27(16-14-25)36-17-7-9-23(36)5/h6,11-16,19-20H,1-2,4-5,7-10,17-18H2,3H3,(H2,32,33,34,35). The molecule has 0 aliphatic carbocycles. The molecular weight excluding hydrogens is 456 g/mol. The highest BCUT2D eigenvalue weighted by Crippen LogP contribution is 2.34. The fourth-order valence-corrected chi connectivity index (χ4v) is 4.95. The fraction of sp³-hybridized carbons (Fsp3) is 0.226. The Bertz CT molecular complexity index is 1370. The van der Waals surface area contributed by atoms with E-state index in [1.807, 2.05) is 19.2 Å². The van der Waals surface area contributed by atoms with Crippen LogP contribution >= 0.6 is 0 Å². The lowest BCUT2D eigenvalue weighted by atomic mass is 10.0. The van der Waals surface area contributed by atoms with E-state index in [0.717, 1.165) is 78.4 Å². The molecule has 1 saturated heterocycles. The summed E-state index contributed by atoms with van der Waals surface area (Å²) in [7, 11) is 0. The van der Waals surface area contributed by atoms with Crippen LogP contribution in [-0.4, -0.2) is 23.1 Å². The SMILES string of the molecule is C=CC(=C)N1CCCc2ccc(Nc3nc(Nc4ccc(N5CCCC5=C)cc4)ncc3C(=C)C)cc21. The van der Waals surface area contributed by atoms with Crippen LogP contribution in [0.25, 0.3) is 5.57 Å². The molecule has 0 atom stereocenters. The zero-order valence-electron chi connectivity index (χ0n) is 21.6. The van der Waals surface area contributed by atoms with Crippen molar-refractivity contribution in [2.45, 2.75) is 32.6 Å². The zero-order valence-corrected chi connectivity index (χ0v) is 21.6. The van der Waals surface area contributed by atoms with Crippen molar-refractivity contribution in [3.63, 3.8) is 0 Å². The second-order valence-electron chi connectivity index (χ2n) is 9.65. The average molecular weight is 491 g/mol. The molecule has 2 aliphatic heterocycles. The Labute approximate surface area is 219 Å². The fourth-order valence-electron chi connectivity index (χ4n) is 4.95. The number of nitrogens with zero attached hydrogens (tertiary/aromatic N) is 4. The largest absolute Gasteiger partial charge is 0.346 e. The molecule has 5 rings (SSSR count). The van der Waals surface area contributed by atoms with Gasteiger partial charge in [-0.25, -0.2) is 4.98 Å². The molecule has 1 fully saturated rings. The van der Waals surface area contributed by atoms with Crippen LogP contribution in [0.1, 0.15) is 37.3 Å². The van der Waals surface area contributed by atoms with E-state index in [-0.39, 0.29) is 0 Å². The van der Waals surface area contributed by atoms with Gasteiger partial charge in [-0.05, 0) is 86.2 Å². The number of hydrogen-bond donors (Lipinski definition) is 2. The van der Waals surface area contributed by atoms with Crippen LogP contribution in [0.3, 0.4) is 0 Å². The molecule has 0 radical (unpaired) electrons. The number of fused-ring (bicyclic) bond motifs is 1. The normalized spacial score (nSPS) is 14.8. The number of allylic oxidation sites excluding steroid dienone is 3. The number of hydrogen-bond acceptors (Lipinski definition) is 6. The molecular formula is C31H34N6. The minimum Gasteiger partial charge on any atom is -0.346 e. The van der Waals surface area contributed by atoms with Crippen LogP contribution in [0, 0.1) is 0 Å². The van der Waals surface area contributed by atoms with Gasteiger partial charge in [0.25, 0.3) is 0 Å². The van der Waals surface area contributed by atoms with Crippen LogP contribution < -0.4 is 20.4 Å². The van der Waals surface area contributed by atoms with Gasteiger partial charge in [0.2, 0.25) is 5.95 Å². The number of aryl methyl sites for hydroxylation is 1. The van der Waals surface area contributed by atoms with E-state index in [0.29, 0.717) is 11.8 Å². The van der Waals surface area contributed by atoms with Gasteiger partial charge in [-0.15, -0.1) is 0 Å². The van der Waals surface area contributed by atoms with Gasteiger partial charge >= 0.3 is 0 Å². The van der Waals surface area contributed by atoms with Crippen molar-refractivity contribution in [3.05, 3.63) is 104 Å². The van der Waals surface area contributed by atoms with Crippen molar-refractivity contribution in [2.24, 2.45) is 0 Å². The number of aromatic nitrogens is 2. The predicted octanol–water partition coefficient (Wildman–Crippen LogP) is 7.56. The molecule has 2 aliphatic rings. The van der Waals surface area contributed by atoms with Crippen molar-refractivity contribution >= 4 is 40.1 Å². The van der Waals surface area contributed by atoms with E-state index in [9.17, 15) is 0 Å². The molecule has 188 valence electrons. The average Bonchev–Trinajstić information content (AvgIpc) is 3.34. The summed E-state index contributed by atoms with van der Waals surface area (Å²) >= 11 is 0. The monoisotopic (exact) mass is 490 g/mol. The molecule has 0 saturated carbocycles. The van der Waals surface area contributed by atoms with E-state index < -0.39 is 0 Å². The first-order valence-corrected chi connectivity index (χ1v) is 12.8. The Hall–Kier alpha value is -4.32. The van der Waals surface area contributed by atoms with Crippen LogP contribution in [0.5, 0.6) is 0 Å². The summed E-state index contributed by atoms with van der Waals surface area (Å²) in [5, 5.41) is 6.85. The first-order valence-electron chi connectivity index (χ1n) is 12.8. The summed E-state index contributed by atoms with van der Waals surface area (Å²) in [6.07, 6.45) is 7.99. The topological polar surface area (TPSA) is 56.3 Å².